The molecule has 0 aliphatic carbocycles. The highest BCUT2D eigenvalue weighted by Crippen LogP contribution is 2.15. The molecule has 3 nitrogen and oxygen atoms in total. The summed E-state index contributed by atoms with van der Waals surface area (Å²) in [7, 11) is 1.90. The second-order valence-electron chi connectivity index (χ2n) is 3.61. The molecule has 4 heteroatoms. The average molecular weight is 207 g/mol. The van der Waals surface area contributed by atoms with Crippen LogP contribution in [0.5, 0.6) is 0 Å². The van der Waals surface area contributed by atoms with E-state index in [1.807, 2.05) is 35.9 Å². The molecule has 0 fully saturated rings. The molecule has 1 unspecified atom stereocenters. The van der Waals surface area contributed by atoms with Crippen molar-refractivity contribution in [2.45, 2.75) is 12.6 Å². The number of imidazole rings is 1. The van der Waals surface area contributed by atoms with Gasteiger partial charge in [0.1, 0.15) is 12.0 Å². The molecule has 0 amide bonds. The number of nitrogens with zero attached hydrogens (tertiary/aromatic N) is 2. The number of nitrogens with two attached hydrogens (primary N) is 1. The number of fused-ring (bicyclic) bond motifs is 1. The Morgan fingerprint density at radius 2 is 2.20 bits per heavy atom. The zero-order chi connectivity index (χ0) is 10.8. The van der Waals surface area contributed by atoms with Gasteiger partial charge in [-0.3, -0.25) is 0 Å². The Labute approximate surface area is 87.7 Å². The van der Waals surface area contributed by atoms with Gasteiger partial charge in [0.25, 0.3) is 0 Å². The normalized spacial score (nSPS) is 13.3. The number of benzene rings is 1. The number of hydrogen-bond donors (Lipinski definition) is 1. The van der Waals surface area contributed by atoms with Gasteiger partial charge in [-0.1, -0.05) is 12.1 Å². The molecule has 0 radical (unpaired) electrons. The number of para-hydroxylation sites is 2. The van der Waals surface area contributed by atoms with Crippen LogP contribution in [0, 0.1) is 0 Å². The van der Waals surface area contributed by atoms with Crippen LogP contribution >= 0.6 is 0 Å². The lowest BCUT2D eigenvalue weighted by molar-refractivity contribution is 0.333. The highest BCUT2D eigenvalue weighted by atomic mass is 19.1. The molecule has 1 aromatic heterocycles. The van der Waals surface area contributed by atoms with Crippen molar-refractivity contribution in [1.29, 1.82) is 0 Å². The molecule has 1 atom stereocenters. The molecule has 0 saturated heterocycles. The van der Waals surface area contributed by atoms with Crippen molar-refractivity contribution in [2.24, 2.45) is 12.8 Å². The third-order valence-corrected chi connectivity index (χ3v) is 2.54. The SMILES string of the molecule is Cn1c(CC(F)CN)nc2ccccc21. The van der Waals surface area contributed by atoms with Crippen molar-refractivity contribution in [3.8, 4) is 0 Å². The van der Waals surface area contributed by atoms with Gasteiger partial charge in [-0.2, -0.15) is 0 Å². The molecule has 80 valence electrons. The van der Waals surface area contributed by atoms with Crippen LogP contribution in [-0.2, 0) is 13.5 Å². The first-order valence-electron chi connectivity index (χ1n) is 4.97. The molecule has 0 aliphatic rings. The van der Waals surface area contributed by atoms with Gasteiger partial charge in [0, 0.05) is 20.0 Å². The van der Waals surface area contributed by atoms with E-state index in [2.05, 4.69) is 4.98 Å². The maximum atomic E-state index is 13.1. The van der Waals surface area contributed by atoms with E-state index in [0.717, 1.165) is 16.9 Å². The first-order chi connectivity index (χ1) is 7.22. The lowest BCUT2D eigenvalue weighted by atomic mass is 10.2. The topological polar surface area (TPSA) is 43.8 Å². The van der Waals surface area contributed by atoms with E-state index in [-0.39, 0.29) is 13.0 Å². The molecule has 1 heterocycles. The second-order valence-corrected chi connectivity index (χ2v) is 3.61. The summed E-state index contributed by atoms with van der Waals surface area (Å²) in [5, 5.41) is 0. The van der Waals surface area contributed by atoms with Crippen molar-refractivity contribution in [2.75, 3.05) is 6.54 Å². The van der Waals surface area contributed by atoms with Crippen molar-refractivity contribution in [3.05, 3.63) is 30.1 Å². The predicted molar refractivity (Wildman–Crippen MR) is 58.4 cm³/mol. The number of aromatic nitrogens is 2. The van der Waals surface area contributed by atoms with Gasteiger partial charge in [-0.25, -0.2) is 9.37 Å². The van der Waals surface area contributed by atoms with Crippen LogP contribution in [-0.4, -0.2) is 22.3 Å². The smallest absolute Gasteiger partial charge is 0.119 e. The summed E-state index contributed by atoms with van der Waals surface area (Å²) in [5.74, 6) is 0.745. The Hall–Kier alpha value is -1.42. The Morgan fingerprint density at radius 3 is 2.87 bits per heavy atom. The van der Waals surface area contributed by atoms with E-state index < -0.39 is 6.17 Å². The first-order valence-corrected chi connectivity index (χ1v) is 4.97. The van der Waals surface area contributed by atoms with Crippen molar-refractivity contribution in [3.63, 3.8) is 0 Å². The van der Waals surface area contributed by atoms with E-state index >= 15 is 0 Å². The maximum Gasteiger partial charge on any atom is 0.119 e. The fraction of sp³-hybridized carbons (Fsp3) is 0.364. The minimum absolute atomic E-state index is 0.0448. The van der Waals surface area contributed by atoms with Gasteiger partial charge < -0.3 is 10.3 Å². The van der Waals surface area contributed by atoms with Gasteiger partial charge >= 0.3 is 0 Å². The third kappa shape index (κ3) is 1.85. The van der Waals surface area contributed by atoms with Crippen LogP contribution < -0.4 is 5.73 Å². The van der Waals surface area contributed by atoms with Gasteiger partial charge in [0.05, 0.1) is 11.0 Å². The molecule has 1 aromatic carbocycles. The lowest BCUT2D eigenvalue weighted by Crippen LogP contribution is -2.19. The summed E-state index contributed by atoms with van der Waals surface area (Å²) >= 11 is 0. The van der Waals surface area contributed by atoms with Crippen LogP contribution in [0.15, 0.2) is 24.3 Å². The van der Waals surface area contributed by atoms with Crippen molar-refractivity contribution in [1.82, 2.24) is 9.55 Å². The molecule has 2 N–H and O–H groups in total. The fourth-order valence-corrected chi connectivity index (χ4v) is 1.66. The predicted octanol–water partition coefficient (Wildman–Crippen LogP) is 1.41. The average Bonchev–Trinajstić information content (AvgIpc) is 2.57. The highest BCUT2D eigenvalue weighted by Gasteiger charge is 2.11. The molecular weight excluding hydrogens is 193 g/mol. The van der Waals surface area contributed by atoms with Gasteiger partial charge in [0.2, 0.25) is 0 Å². The molecule has 2 rings (SSSR count). The maximum absolute atomic E-state index is 13.1. The van der Waals surface area contributed by atoms with Crippen molar-refractivity contribution < 1.29 is 4.39 Å². The summed E-state index contributed by atoms with van der Waals surface area (Å²) < 4.78 is 15.1. The zero-order valence-electron chi connectivity index (χ0n) is 8.65. The Bertz CT molecular complexity index is 464. The number of rotatable bonds is 3. The molecule has 0 aliphatic heterocycles. The van der Waals surface area contributed by atoms with Crippen molar-refractivity contribution >= 4 is 11.0 Å². The molecule has 0 saturated carbocycles. The van der Waals surface area contributed by atoms with E-state index in [0.29, 0.717) is 0 Å². The minimum atomic E-state index is -1.01. The summed E-state index contributed by atoms with van der Waals surface area (Å²) in [6.07, 6.45) is -0.734. The number of halogens is 1. The quantitative estimate of drug-likeness (QED) is 0.827. The van der Waals surface area contributed by atoms with Crippen LogP contribution in [0.25, 0.3) is 11.0 Å². The first kappa shape index (κ1) is 10.1. The third-order valence-electron chi connectivity index (χ3n) is 2.54. The Morgan fingerprint density at radius 1 is 1.47 bits per heavy atom. The summed E-state index contributed by atoms with van der Waals surface area (Å²) in [5.41, 5.74) is 7.18. The van der Waals surface area contributed by atoms with Gasteiger partial charge in [0.15, 0.2) is 0 Å². The summed E-state index contributed by atoms with van der Waals surface area (Å²) in [6.45, 7) is 0.0448. The van der Waals surface area contributed by atoms with Gasteiger partial charge in [-0.15, -0.1) is 0 Å². The van der Waals surface area contributed by atoms with Crippen LogP contribution in [0.1, 0.15) is 5.82 Å². The van der Waals surface area contributed by atoms with E-state index in [9.17, 15) is 4.39 Å². The zero-order valence-corrected chi connectivity index (χ0v) is 8.65. The highest BCUT2D eigenvalue weighted by molar-refractivity contribution is 5.75. The van der Waals surface area contributed by atoms with Crippen LogP contribution in [0.2, 0.25) is 0 Å². The van der Waals surface area contributed by atoms with E-state index in [4.69, 9.17) is 5.73 Å². The van der Waals surface area contributed by atoms with E-state index in [1.165, 1.54) is 0 Å². The number of hydrogen-bond acceptors (Lipinski definition) is 2. The number of aryl methyl sites for hydroxylation is 1. The molecule has 15 heavy (non-hydrogen) atoms. The Kier molecular flexibility index (Phi) is 2.68. The lowest BCUT2D eigenvalue weighted by Gasteiger charge is -2.04. The Balaban J connectivity index is 2.40. The van der Waals surface area contributed by atoms with Gasteiger partial charge in [-0.05, 0) is 12.1 Å². The van der Waals surface area contributed by atoms with E-state index in [1.54, 1.807) is 0 Å². The molecule has 0 bridgehead atoms. The molecular formula is C11H14FN3. The minimum Gasteiger partial charge on any atom is -0.331 e. The second kappa shape index (κ2) is 3.98. The van der Waals surface area contributed by atoms with Crippen LogP contribution in [0.4, 0.5) is 4.39 Å². The number of alkyl halides is 1. The largest absolute Gasteiger partial charge is 0.331 e. The van der Waals surface area contributed by atoms with Crippen LogP contribution in [0.3, 0.4) is 0 Å². The molecule has 0 spiro atoms. The standard InChI is InChI=1S/C11H14FN3/c1-15-10-5-3-2-4-9(10)14-11(15)6-8(12)7-13/h2-5,8H,6-7,13H2,1H3. The summed E-state index contributed by atoms with van der Waals surface area (Å²) in [4.78, 5) is 4.37. The monoisotopic (exact) mass is 207 g/mol. The fourth-order valence-electron chi connectivity index (χ4n) is 1.66. The summed E-state index contributed by atoms with van der Waals surface area (Å²) in [6, 6.07) is 7.77. The molecule has 2 aromatic rings.